The molecule has 0 unspecified atom stereocenters. The van der Waals surface area contributed by atoms with Crippen LogP contribution in [0, 0.1) is 11.3 Å². The SMILES string of the molecule is CN(C)c1ccc([C@@H](CNc2oc(-c3cccs3)nc2C#N)N(C)C)cc1. The molecule has 7 heteroatoms. The molecule has 3 rings (SSSR count). The molecule has 1 N–H and O–H groups in total. The lowest BCUT2D eigenvalue weighted by atomic mass is 10.1. The van der Waals surface area contributed by atoms with E-state index in [0.717, 1.165) is 10.6 Å². The molecule has 0 saturated carbocycles. The highest BCUT2D eigenvalue weighted by molar-refractivity contribution is 7.13. The van der Waals surface area contributed by atoms with E-state index in [2.05, 4.69) is 50.4 Å². The van der Waals surface area contributed by atoms with E-state index in [9.17, 15) is 5.26 Å². The first-order valence-corrected chi connectivity index (χ1v) is 9.50. The number of anilines is 2. The van der Waals surface area contributed by atoms with Crippen molar-refractivity contribution in [3.8, 4) is 16.8 Å². The van der Waals surface area contributed by atoms with Gasteiger partial charge in [-0.3, -0.25) is 0 Å². The van der Waals surface area contributed by atoms with Crippen LogP contribution in [0.25, 0.3) is 10.8 Å². The molecule has 1 atom stereocenters. The maximum atomic E-state index is 9.38. The summed E-state index contributed by atoms with van der Waals surface area (Å²) < 4.78 is 5.81. The Morgan fingerprint density at radius 3 is 2.48 bits per heavy atom. The smallest absolute Gasteiger partial charge is 0.240 e. The molecule has 0 radical (unpaired) electrons. The summed E-state index contributed by atoms with van der Waals surface area (Å²) in [5.41, 5.74) is 2.63. The first-order chi connectivity index (χ1) is 13.0. The molecule has 0 aliphatic heterocycles. The Morgan fingerprint density at radius 2 is 1.93 bits per heavy atom. The minimum Gasteiger partial charge on any atom is -0.418 e. The summed E-state index contributed by atoms with van der Waals surface area (Å²) >= 11 is 1.53. The fourth-order valence-corrected chi connectivity index (χ4v) is 3.45. The normalized spacial score (nSPS) is 12.0. The van der Waals surface area contributed by atoms with Gasteiger partial charge < -0.3 is 19.5 Å². The summed E-state index contributed by atoms with van der Waals surface area (Å²) in [5, 5.41) is 14.6. The van der Waals surface area contributed by atoms with Gasteiger partial charge >= 0.3 is 0 Å². The summed E-state index contributed by atoms with van der Waals surface area (Å²) in [4.78, 5) is 9.42. The van der Waals surface area contributed by atoms with Crippen molar-refractivity contribution < 1.29 is 4.42 Å². The number of aromatic nitrogens is 1. The van der Waals surface area contributed by atoms with Crippen LogP contribution in [0.15, 0.2) is 46.2 Å². The van der Waals surface area contributed by atoms with Gasteiger partial charge in [-0.2, -0.15) is 10.2 Å². The number of nitriles is 1. The van der Waals surface area contributed by atoms with Crippen molar-refractivity contribution in [3.63, 3.8) is 0 Å². The van der Waals surface area contributed by atoms with Crippen LogP contribution >= 0.6 is 11.3 Å². The second kappa shape index (κ2) is 8.25. The zero-order valence-corrected chi connectivity index (χ0v) is 16.7. The van der Waals surface area contributed by atoms with Crippen LogP contribution in [-0.2, 0) is 0 Å². The number of nitrogens with one attached hydrogen (secondary N) is 1. The van der Waals surface area contributed by atoms with Crippen LogP contribution in [0.1, 0.15) is 17.3 Å². The van der Waals surface area contributed by atoms with E-state index in [0.29, 0.717) is 18.3 Å². The van der Waals surface area contributed by atoms with E-state index in [1.807, 2.05) is 45.7 Å². The van der Waals surface area contributed by atoms with Crippen LogP contribution in [0.2, 0.25) is 0 Å². The quantitative estimate of drug-likeness (QED) is 0.666. The van der Waals surface area contributed by atoms with E-state index in [1.54, 1.807) is 0 Å². The molecule has 27 heavy (non-hydrogen) atoms. The molecule has 2 aromatic heterocycles. The summed E-state index contributed by atoms with van der Waals surface area (Å²) in [5.74, 6) is 0.887. The predicted octanol–water partition coefficient (Wildman–Crippen LogP) is 4.06. The first kappa shape index (κ1) is 19.0. The minimum atomic E-state index is 0.128. The third-order valence-corrected chi connectivity index (χ3v) is 5.20. The van der Waals surface area contributed by atoms with E-state index < -0.39 is 0 Å². The van der Waals surface area contributed by atoms with Gasteiger partial charge in [0.15, 0.2) is 0 Å². The number of hydrogen-bond acceptors (Lipinski definition) is 7. The molecule has 0 aliphatic carbocycles. The predicted molar refractivity (Wildman–Crippen MR) is 110 cm³/mol. The average molecular weight is 382 g/mol. The van der Waals surface area contributed by atoms with E-state index >= 15 is 0 Å². The maximum absolute atomic E-state index is 9.38. The maximum Gasteiger partial charge on any atom is 0.240 e. The Labute approximate surface area is 163 Å². The fourth-order valence-electron chi connectivity index (χ4n) is 2.80. The molecule has 0 bridgehead atoms. The topological polar surface area (TPSA) is 68.3 Å². The summed E-state index contributed by atoms with van der Waals surface area (Å²) in [6.45, 7) is 0.599. The Kier molecular flexibility index (Phi) is 5.79. The van der Waals surface area contributed by atoms with Gasteiger partial charge in [-0.05, 0) is 43.2 Å². The Balaban J connectivity index is 1.77. The lowest BCUT2D eigenvalue weighted by Gasteiger charge is -2.25. The molecule has 0 saturated heterocycles. The van der Waals surface area contributed by atoms with Gasteiger partial charge in [-0.1, -0.05) is 18.2 Å². The molecule has 0 aliphatic rings. The van der Waals surface area contributed by atoms with E-state index in [1.165, 1.54) is 16.9 Å². The van der Waals surface area contributed by atoms with Gasteiger partial charge in [-0.25, -0.2) is 0 Å². The molecule has 3 aromatic rings. The molecule has 0 fully saturated rings. The standard InChI is InChI=1S/C20H23N5OS/c1-24(2)15-9-7-14(8-10-15)17(25(3)4)13-22-19-16(12-21)23-20(26-19)18-6-5-11-27-18/h5-11,17,22H,13H2,1-4H3/t17-/m1/s1. The molecule has 2 heterocycles. The molecule has 140 valence electrons. The third kappa shape index (κ3) is 4.30. The second-order valence-corrected chi connectivity index (χ2v) is 7.58. The van der Waals surface area contributed by atoms with Gasteiger partial charge in [0.2, 0.25) is 17.5 Å². The van der Waals surface area contributed by atoms with Crippen LogP contribution in [0.4, 0.5) is 11.6 Å². The van der Waals surface area contributed by atoms with E-state index in [-0.39, 0.29) is 11.7 Å². The fraction of sp³-hybridized carbons (Fsp3) is 0.300. The molecule has 1 aromatic carbocycles. The molecule has 0 spiro atoms. The van der Waals surface area contributed by atoms with Crippen molar-refractivity contribution in [2.45, 2.75) is 6.04 Å². The molecular formula is C20H23N5OS. The van der Waals surface area contributed by atoms with Crippen molar-refractivity contribution in [1.82, 2.24) is 9.88 Å². The summed E-state index contributed by atoms with van der Waals surface area (Å²) in [6.07, 6.45) is 0. The number of hydrogen-bond donors (Lipinski definition) is 1. The number of nitrogens with zero attached hydrogens (tertiary/aromatic N) is 4. The van der Waals surface area contributed by atoms with Crippen LogP contribution in [-0.4, -0.2) is 44.6 Å². The van der Waals surface area contributed by atoms with E-state index in [4.69, 9.17) is 4.42 Å². The van der Waals surface area contributed by atoms with Gasteiger partial charge in [0.1, 0.15) is 6.07 Å². The van der Waals surface area contributed by atoms with Gasteiger partial charge in [-0.15, -0.1) is 11.3 Å². The molecule has 6 nitrogen and oxygen atoms in total. The Hall–Kier alpha value is -2.82. The number of thiophene rings is 1. The van der Waals surface area contributed by atoms with Crippen molar-refractivity contribution in [3.05, 3.63) is 53.0 Å². The average Bonchev–Trinajstić information content (AvgIpc) is 3.31. The zero-order chi connectivity index (χ0) is 19.4. The lowest BCUT2D eigenvalue weighted by molar-refractivity contribution is 0.310. The highest BCUT2D eigenvalue weighted by atomic mass is 32.1. The number of benzene rings is 1. The number of oxazole rings is 1. The van der Waals surface area contributed by atoms with Crippen molar-refractivity contribution in [2.75, 3.05) is 45.0 Å². The highest BCUT2D eigenvalue weighted by Crippen LogP contribution is 2.29. The van der Waals surface area contributed by atoms with Crippen LogP contribution < -0.4 is 10.2 Å². The number of likely N-dealkylation sites (N-methyl/N-ethyl adjacent to an activating group) is 1. The number of rotatable bonds is 7. The summed E-state index contributed by atoms with van der Waals surface area (Å²) in [7, 11) is 8.13. The second-order valence-electron chi connectivity index (χ2n) is 6.63. The van der Waals surface area contributed by atoms with Gasteiger partial charge in [0.05, 0.1) is 10.9 Å². The Bertz CT molecular complexity index is 907. The van der Waals surface area contributed by atoms with Crippen molar-refractivity contribution in [1.29, 1.82) is 5.26 Å². The Morgan fingerprint density at radius 1 is 1.19 bits per heavy atom. The third-order valence-electron chi connectivity index (χ3n) is 4.34. The largest absolute Gasteiger partial charge is 0.418 e. The van der Waals surface area contributed by atoms with Gasteiger partial charge in [0, 0.05) is 26.3 Å². The highest BCUT2D eigenvalue weighted by Gasteiger charge is 2.19. The van der Waals surface area contributed by atoms with Crippen LogP contribution in [0.5, 0.6) is 0 Å². The summed E-state index contributed by atoms with van der Waals surface area (Å²) in [6, 6.07) is 14.6. The van der Waals surface area contributed by atoms with Crippen molar-refractivity contribution >= 4 is 22.9 Å². The monoisotopic (exact) mass is 381 g/mol. The minimum absolute atomic E-state index is 0.128. The first-order valence-electron chi connectivity index (χ1n) is 8.62. The lowest BCUT2D eigenvalue weighted by Crippen LogP contribution is -2.27. The van der Waals surface area contributed by atoms with Gasteiger partial charge in [0.25, 0.3) is 0 Å². The molecule has 0 amide bonds. The van der Waals surface area contributed by atoms with Crippen molar-refractivity contribution in [2.24, 2.45) is 0 Å². The molecular weight excluding hydrogens is 358 g/mol. The zero-order valence-electron chi connectivity index (χ0n) is 15.9. The van der Waals surface area contributed by atoms with Crippen LogP contribution in [0.3, 0.4) is 0 Å².